The third kappa shape index (κ3) is 5.72. The van der Waals surface area contributed by atoms with Crippen LogP contribution in [0, 0.1) is 0 Å². The van der Waals surface area contributed by atoms with E-state index >= 15 is 0 Å². The van der Waals surface area contributed by atoms with Crippen LogP contribution in [0.2, 0.25) is 0 Å². The normalized spacial score (nSPS) is 19.9. The molecule has 0 amide bonds. The van der Waals surface area contributed by atoms with E-state index in [1.807, 2.05) is 11.8 Å². The van der Waals surface area contributed by atoms with Crippen LogP contribution in [0.25, 0.3) is 0 Å². The Hall–Kier alpha value is 0.0600. The minimum absolute atomic E-state index is 0.421. The molecule has 1 heterocycles. The fourth-order valence-electron chi connectivity index (χ4n) is 1.29. The van der Waals surface area contributed by atoms with Crippen LogP contribution in [0.1, 0.15) is 0 Å². The van der Waals surface area contributed by atoms with E-state index in [1.54, 1.807) is 0 Å². The van der Waals surface area contributed by atoms with Crippen LogP contribution in [0.5, 0.6) is 0 Å². The molecule has 0 bridgehead atoms. The highest BCUT2D eigenvalue weighted by Gasteiger charge is 2.26. The second kappa shape index (κ2) is 5.82. The topological polar surface area (TPSA) is 15.3 Å². The van der Waals surface area contributed by atoms with Crippen LogP contribution >= 0.6 is 11.8 Å². The molecule has 14 heavy (non-hydrogen) atoms. The van der Waals surface area contributed by atoms with Crippen LogP contribution in [0.3, 0.4) is 0 Å². The number of thioether (sulfide) groups is 1. The summed E-state index contributed by atoms with van der Waals surface area (Å²) in [5.74, 6) is 2.19. The average molecular weight is 228 g/mol. The summed E-state index contributed by atoms with van der Waals surface area (Å²) in [7, 11) is 0. The smallest absolute Gasteiger partial charge is 0.307 e. The predicted octanol–water partition coefficient (Wildman–Crippen LogP) is 1.19. The summed E-state index contributed by atoms with van der Waals surface area (Å²) >= 11 is 1.90. The van der Waals surface area contributed by atoms with Crippen molar-refractivity contribution in [2.45, 2.75) is 6.18 Å². The highest BCUT2D eigenvalue weighted by molar-refractivity contribution is 7.99. The maximum absolute atomic E-state index is 11.7. The van der Waals surface area contributed by atoms with Gasteiger partial charge in [-0.3, -0.25) is 0 Å². The molecule has 1 N–H and O–H groups in total. The van der Waals surface area contributed by atoms with Crippen LogP contribution in [-0.4, -0.2) is 55.3 Å². The lowest BCUT2D eigenvalue weighted by Crippen LogP contribution is -2.39. The van der Waals surface area contributed by atoms with E-state index in [-0.39, 0.29) is 0 Å². The van der Waals surface area contributed by atoms with Crippen LogP contribution in [-0.2, 0) is 0 Å². The maximum Gasteiger partial charge on any atom is 0.401 e. The maximum atomic E-state index is 11.7. The molecule has 1 aliphatic rings. The molecule has 0 unspecified atom stereocenters. The lowest BCUT2D eigenvalue weighted by Gasteiger charge is -2.26. The zero-order valence-corrected chi connectivity index (χ0v) is 8.76. The lowest BCUT2D eigenvalue weighted by atomic mass is 10.4. The Morgan fingerprint density at radius 1 is 1.21 bits per heavy atom. The van der Waals surface area contributed by atoms with Gasteiger partial charge in [0.25, 0.3) is 0 Å². The number of rotatable bonds is 4. The molecule has 1 aliphatic heterocycles. The fourth-order valence-corrected chi connectivity index (χ4v) is 2.27. The number of hydrogen-bond acceptors (Lipinski definition) is 3. The SMILES string of the molecule is FC(F)(F)CNCCN1CCSCC1. The second-order valence-corrected chi connectivity index (χ2v) is 4.47. The second-order valence-electron chi connectivity index (χ2n) is 3.25. The number of nitrogens with zero attached hydrogens (tertiary/aromatic N) is 1. The Morgan fingerprint density at radius 2 is 1.86 bits per heavy atom. The molecule has 2 nitrogen and oxygen atoms in total. The molecule has 0 aliphatic carbocycles. The molecular formula is C8H15F3N2S. The van der Waals surface area contributed by atoms with E-state index in [0.717, 1.165) is 31.1 Å². The van der Waals surface area contributed by atoms with Gasteiger partial charge in [-0.2, -0.15) is 24.9 Å². The highest BCUT2D eigenvalue weighted by Crippen LogP contribution is 2.12. The molecule has 0 radical (unpaired) electrons. The Balaban J connectivity index is 1.97. The monoisotopic (exact) mass is 228 g/mol. The van der Waals surface area contributed by atoms with Crippen LogP contribution < -0.4 is 5.32 Å². The zero-order chi connectivity index (χ0) is 10.4. The molecule has 84 valence electrons. The highest BCUT2D eigenvalue weighted by atomic mass is 32.2. The van der Waals surface area contributed by atoms with Crippen molar-refractivity contribution in [3.05, 3.63) is 0 Å². The Bertz CT molecular complexity index is 157. The Labute approximate surface area is 86.2 Å². The van der Waals surface area contributed by atoms with Crippen molar-refractivity contribution < 1.29 is 13.2 Å². The minimum Gasteiger partial charge on any atom is -0.307 e. The molecule has 0 atom stereocenters. The van der Waals surface area contributed by atoms with Gasteiger partial charge in [-0.15, -0.1) is 0 Å². The third-order valence-corrected chi connectivity index (χ3v) is 2.98. The molecule has 0 aromatic heterocycles. The van der Waals surface area contributed by atoms with Gasteiger partial charge < -0.3 is 10.2 Å². The van der Waals surface area contributed by atoms with Crippen molar-refractivity contribution in [2.75, 3.05) is 44.2 Å². The molecule has 6 heteroatoms. The first-order chi connectivity index (χ1) is 6.58. The van der Waals surface area contributed by atoms with Gasteiger partial charge in [0.15, 0.2) is 0 Å². The zero-order valence-electron chi connectivity index (χ0n) is 7.94. The molecular weight excluding hydrogens is 213 g/mol. The Kier molecular flexibility index (Phi) is 5.05. The van der Waals surface area contributed by atoms with Gasteiger partial charge in [0.1, 0.15) is 0 Å². The largest absolute Gasteiger partial charge is 0.401 e. The van der Waals surface area contributed by atoms with Gasteiger partial charge >= 0.3 is 6.18 Å². The number of nitrogens with one attached hydrogen (secondary N) is 1. The van der Waals surface area contributed by atoms with Gasteiger partial charge in [0.05, 0.1) is 6.54 Å². The van der Waals surface area contributed by atoms with E-state index in [1.165, 1.54) is 0 Å². The van der Waals surface area contributed by atoms with Gasteiger partial charge in [-0.05, 0) is 0 Å². The summed E-state index contributed by atoms with van der Waals surface area (Å²) in [6.45, 7) is 2.26. The number of halogens is 3. The van der Waals surface area contributed by atoms with Crippen molar-refractivity contribution >= 4 is 11.8 Å². The summed E-state index contributed by atoms with van der Waals surface area (Å²) in [5.41, 5.74) is 0. The summed E-state index contributed by atoms with van der Waals surface area (Å²) in [6, 6.07) is 0. The van der Waals surface area contributed by atoms with E-state index in [0.29, 0.717) is 6.54 Å². The van der Waals surface area contributed by atoms with Crippen molar-refractivity contribution in [2.24, 2.45) is 0 Å². The van der Waals surface area contributed by atoms with Crippen LogP contribution in [0.4, 0.5) is 13.2 Å². The molecule has 0 aromatic rings. The van der Waals surface area contributed by atoms with Gasteiger partial charge in [0, 0.05) is 37.7 Å². The average Bonchev–Trinajstić information content (AvgIpc) is 2.13. The van der Waals surface area contributed by atoms with Crippen molar-refractivity contribution in [1.29, 1.82) is 0 Å². The number of alkyl halides is 3. The molecule has 0 aromatic carbocycles. The molecule has 0 saturated carbocycles. The van der Waals surface area contributed by atoms with E-state index in [2.05, 4.69) is 10.2 Å². The van der Waals surface area contributed by atoms with E-state index < -0.39 is 12.7 Å². The first kappa shape index (κ1) is 12.1. The minimum atomic E-state index is -4.09. The van der Waals surface area contributed by atoms with Crippen molar-refractivity contribution in [3.8, 4) is 0 Å². The molecule has 1 fully saturated rings. The summed E-state index contributed by atoms with van der Waals surface area (Å²) in [6.07, 6.45) is -4.09. The van der Waals surface area contributed by atoms with Gasteiger partial charge in [-0.25, -0.2) is 0 Å². The predicted molar refractivity (Wildman–Crippen MR) is 52.7 cm³/mol. The summed E-state index contributed by atoms with van der Waals surface area (Å²) in [5, 5.41) is 2.40. The number of hydrogen-bond donors (Lipinski definition) is 1. The Morgan fingerprint density at radius 3 is 2.43 bits per heavy atom. The standard InChI is InChI=1S/C8H15F3N2S/c9-8(10,11)7-12-1-2-13-3-5-14-6-4-13/h12H,1-7H2. The van der Waals surface area contributed by atoms with Crippen LogP contribution in [0.15, 0.2) is 0 Å². The molecule has 1 saturated heterocycles. The summed E-state index contributed by atoms with van der Waals surface area (Å²) < 4.78 is 35.2. The summed E-state index contributed by atoms with van der Waals surface area (Å²) in [4.78, 5) is 2.19. The first-order valence-corrected chi connectivity index (χ1v) is 5.81. The third-order valence-electron chi connectivity index (χ3n) is 2.03. The van der Waals surface area contributed by atoms with Gasteiger partial charge in [-0.1, -0.05) is 0 Å². The van der Waals surface area contributed by atoms with Gasteiger partial charge in [0.2, 0.25) is 0 Å². The van der Waals surface area contributed by atoms with E-state index in [4.69, 9.17) is 0 Å². The first-order valence-electron chi connectivity index (χ1n) is 4.65. The van der Waals surface area contributed by atoms with E-state index in [9.17, 15) is 13.2 Å². The molecule has 0 spiro atoms. The lowest BCUT2D eigenvalue weighted by molar-refractivity contribution is -0.124. The molecule has 1 rings (SSSR count). The quantitative estimate of drug-likeness (QED) is 0.728. The van der Waals surface area contributed by atoms with Crippen molar-refractivity contribution in [3.63, 3.8) is 0 Å². The fraction of sp³-hybridized carbons (Fsp3) is 1.00. The van der Waals surface area contributed by atoms with Crippen molar-refractivity contribution in [1.82, 2.24) is 10.2 Å².